The number of carbonyl (C=O) groups excluding carboxylic acids is 1. The van der Waals surface area contributed by atoms with E-state index < -0.39 is 6.16 Å². The van der Waals surface area contributed by atoms with Gasteiger partial charge in [0.1, 0.15) is 5.75 Å². The summed E-state index contributed by atoms with van der Waals surface area (Å²) in [6.45, 7) is 4.26. The molecule has 1 aromatic carbocycles. The Kier molecular flexibility index (Phi) is 8.09. The maximum atomic E-state index is 12.2. The molecule has 1 saturated carbocycles. The van der Waals surface area contributed by atoms with E-state index in [1.807, 2.05) is 25.1 Å². The summed E-state index contributed by atoms with van der Waals surface area (Å²) in [5.41, 5.74) is 2.18. The Balaban J connectivity index is 0.000000648. The Morgan fingerprint density at radius 1 is 1.25 bits per heavy atom. The molecule has 2 unspecified atom stereocenters. The zero-order chi connectivity index (χ0) is 18.1. The topological polar surface area (TPSA) is 95.9 Å². The third kappa shape index (κ3) is 6.89. The molecule has 0 heterocycles. The number of benzene rings is 1. The molecule has 0 aromatic heterocycles. The first-order chi connectivity index (χ1) is 11.3. The van der Waals surface area contributed by atoms with Gasteiger partial charge in [-0.15, -0.1) is 0 Å². The van der Waals surface area contributed by atoms with Gasteiger partial charge in [0.15, 0.2) is 0 Å². The predicted octanol–water partition coefficient (Wildman–Crippen LogP) is 3.46. The van der Waals surface area contributed by atoms with Crippen LogP contribution >= 0.6 is 0 Å². The van der Waals surface area contributed by atoms with Crippen molar-refractivity contribution in [1.29, 1.82) is 0 Å². The van der Waals surface area contributed by atoms with Crippen molar-refractivity contribution in [2.45, 2.75) is 52.0 Å². The number of nitrogens with one attached hydrogen (secondary N) is 1. The quantitative estimate of drug-likeness (QED) is 0.782. The minimum Gasteiger partial charge on any atom is -0.497 e. The molecule has 24 heavy (non-hydrogen) atoms. The molecule has 134 valence electrons. The van der Waals surface area contributed by atoms with Crippen molar-refractivity contribution in [1.82, 2.24) is 5.32 Å². The van der Waals surface area contributed by atoms with E-state index >= 15 is 0 Å². The molecule has 1 fully saturated rings. The van der Waals surface area contributed by atoms with Gasteiger partial charge < -0.3 is 20.3 Å². The SMILES string of the molecule is COc1ccc(CC(=O)NC2CCCCC2C)c(C)c1.O=C(O)O. The lowest BCUT2D eigenvalue weighted by atomic mass is 9.86. The molecule has 0 aliphatic heterocycles. The lowest BCUT2D eigenvalue weighted by Gasteiger charge is -2.29. The minimum absolute atomic E-state index is 0.136. The van der Waals surface area contributed by atoms with E-state index in [1.54, 1.807) is 7.11 Å². The summed E-state index contributed by atoms with van der Waals surface area (Å²) in [5.74, 6) is 1.58. The van der Waals surface area contributed by atoms with Gasteiger partial charge in [0.25, 0.3) is 0 Å². The minimum atomic E-state index is -1.83. The third-order valence-corrected chi connectivity index (χ3v) is 4.36. The van der Waals surface area contributed by atoms with Crippen LogP contribution < -0.4 is 10.1 Å². The van der Waals surface area contributed by atoms with E-state index in [-0.39, 0.29) is 5.91 Å². The number of carbonyl (C=O) groups is 2. The molecule has 3 N–H and O–H groups in total. The molecule has 0 radical (unpaired) electrons. The van der Waals surface area contributed by atoms with Gasteiger partial charge in [-0.3, -0.25) is 4.79 Å². The average molecular weight is 337 g/mol. The highest BCUT2D eigenvalue weighted by Gasteiger charge is 2.22. The van der Waals surface area contributed by atoms with Crippen molar-refractivity contribution < 1.29 is 24.5 Å². The van der Waals surface area contributed by atoms with Crippen LogP contribution in [0.4, 0.5) is 4.79 Å². The molecule has 1 aromatic rings. The lowest BCUT2D eigenvalue weighted by Crippen LogP contribution is -2.41. The molecule has 0 bridgehead atoms. The second-order valence-corrected chi connectivity index (χ2v) is 6.19. The number of methoxy groups -OCH3 is 1. The summed E-state index contributed by atoms with van der Waals surface area (Å²) in [5, 5.41) is 17.1. The molecule has 6 heteroatoms. The number of rotatable bonds is 4. The van der Waals surface area contributed by atoms with Crippen LogP contribution in [0, 0.1) is 12.8 Å². The van der Waals surface area contributed by atoms with Crippen molar-refractivity contribution in [2.24, 2.45) is 5.92 Å². The summed E-state index contributed by atoms with van der Waals surface area (Å²) in [7, 11) is 1.66. The fourth-order valence-electron chi connectivity index (χ4n) is 2.96. The van der Waals surface area contributed by atoms with Crippen LogP contribution in [0.3, 0.4) is 0 Å². The van der Waals surface area contributed by atoms with Gasteiger partial charge in [0, 0.05) is 6.04 Å². The number of amides is 1. The summed E-state index contributed by atoms with van der Waals surface area (Å²) in [6, 6.07) is 6.23. The van der Waals surface area contributed by atoms with Crippen LogP contribution in [0.5, 0.6) is 5.75 Å². The number of aryl methyl sites for hydroxylation is 1. The normalized spacial score (nSPS) is 19.6. The summed E-state index contributed by atoms with van der Waals surface area (Å²) >= 11 is 0. The van der Waals surface area contributed by atoms with E-state index in [2.05, 4.69) is 12.2 Å². The Labute approximate surface area is 142 Å². The highest BCUT2D eigenvalue weighted by atomic mass is 16.6. The highest BCUT2D eigenvalue weighted by Crippen LogP contribution is 2.24. The van der Waals surface area contributed by atoms with E-state index in [0.717, 1.165) is 23.3 Å². The molecular weight excluding hydrogens is 310 g/mol. The summed E-state index contributed by atoms with van der Waals surface area (Å²) < 4.78 is 5.19. The van der Waals surface area contributed by atoms with Gasteiger partial charge >= 0.3 is 6.16 Å². The van der Waals surface area contributed by atoms with E-state index in [0.29, 0.717) is 18.4 Å². The highest BCUT2D eigenvalue weighted by molar-refractivity contribution is 5.79. The van der Waals surface area contributed by atoms with Crippen LogP contribution in [0.25, 0.3) is 0 Å². The number of ether oxygens (including phenoxy) is 1. The molecule has 6 nitrogen and oxygen atoms in total. The van der Waals surface area contributed by atoms with Crippen LogP contribution in [0.2, 0.25) is 0 Å². The van der Waals surface area contributed by atoms with Gasteiger partial charge in [0.05, 0.1) is 13.5 Å². The summed E-state index contributed by atoms with van der Waals surface area (Å²) in [6.07, 6.45) is 3.50. The van der Waals surface area contributed by atoms with Crippen molar-refractivity contribution in [3.8, 4) is 5.75 Å². The first-order valence-electron chi connectivity index (χ1n) is 8.18. The monoisotopic (exact) mass is 337 g/mol. The van der Waals surface area contributed by atoms with E-state index in [1.165, 1.54) is 19.3 Å². The van der Waals surface area contributed by atoms with E-state index in [4.69, 9.17) is 19.7 Å². The molecule has 1 aliphatic carbocycles. The van der Waals surface area contributed by atoms with Gasteiger partial charge in [-0.05, 0) is 48.9 Å². The molecule has 1 aliphatic rings. The zero-order valence-corrected chi connectivity index (χ0v) is 14.5. The van der Waals surface area contributed by atoms with Gasteiger partial charge in [-0.2, -0.15) is 0 Å². The molecule has 0 spiro atoms. The Hall–Kier alpha value is -2.24. The number of carboxylic acid groups (broad SMARTS) is 2. The van der Waals surface area contributed by atoms with Crippen LogP contribution in [-0.2, 0) is 11.2 Å². The molecular formula is C18H27NO5. The Bertz CT molecular complexity index is 554. The Morgan fingerprint density at radius 3 is 2.42 bits per heavy atom. The third-order valence-electron chi connectivity index (χ3n) is 4.36. The maximum Gasteiger partial charge on any atom is 0.503 e. The number of hydrogen-bond acceptors (Lipinski definition) is 3. The van der Waals surface area contributed by atoms with Crippen molar-refractivity contribution in [2.75, 3.05) is 7.11 Å². The van der Waals surface area contributed by atoms with E-state index in [9.17, 15) is 4.79 Å². The molecule has 2 atom stereocenters. The van der Waals surface area contributed by atoms with Crippen LogP contribution in [-0.4, -0.2) is 35.4 Å². The first kappa shape index (κ1) is 19.8. The maximum absolute atomic E-state index is 12.2. The predicted molar refractivity (Wildman–Crippen MR) is 91.7 cm³/mol. The fourth-order valence-corrected chi connectivity index (χ4v) is 2.96. The van der Waals surface area contributed by atoms with Crippen molar-refractivity contribution in [3.05, 3.63) is 29.3 Å². The van der Waals surface area contributed by atoms with Crippen LogP contribution in [0.15, 0.2) is 18.2 Å². The van der Waals surface area contributed by atoms with Crippen molar-refractivity contribution >= 4 is 12.1 Å². The molecule has 0 saturated heterocycles. The Morgan fingerprint density at radius 2 is 1.88 bits per heavy atom. The summed E-state index contributed by atoms with van der Waals surface area (Å²) in [4.78, 5) is 20.7. The van der Waals surface area contributed by atoms with Gasteiger partial charge in [-0.25, -0.2) is 4.79 Å². The van der Waals surface area contributed by atoms with Crippen LogP contribution in [0.1, 0.15) is 43.7 Å². The zero-order valence-electron chi connectivity index (χ0n) is 14.5. The van der Waals surface area contributed by atoms with Crippen molar-refractivity contribution in [3.63, 3.8) is 0 Å². The average Bonchev–Trinajstić information content (AvgIpc) is 2.51. The van der Waals surface area contributed by atoms with Gasteiger partial charge in [-0.1, -0.05) is 25.8 Å². The fraction of sp³-hybridized carbons (Fsp3) is 0.556. The largest absolute Gasteiger partial charge is 0.503 e. The standard InChI is InChI=1S/C17H25NO2.CH2O3/c1-12-6-4-5-7-16(12)18-17(19)11-14-8-9-15(20-3)10-13(14)2;2-1(3)4/h8-10,12,16H,4-7,11H2,1-3H3,(H,18,19);(H2,2,3,4). The second kappa shape index (κ2) is 9.80. The lowest BCUT2D eigenvalue weighted by molar-refractivity contribution is -0.121. The smallest absolute Gasteiger partial charge is 0.497 e. The first-order valence-corrected chi connectivity index (χ1v) is 8.18. The van der Waals surface area contributed by atoms with Gasteiger partial charge in [0.2, 0.25) is 5.91 Å². The second-order valence-electron chi connectivity index (χ2n) is 6.19. The molecule has 1 amide bonds. The number of hydrogen-bond donors (Lipinski definition) is 3. The molecule has 2 rings (SSSR count).